The molecule has 0 spiro atoms. The van der Waals surface area contributed by atoms with Gasteiger partial charge in [0.15, 0.2) is 17.5 Å². The highest BCUT2D eigenvalue weighted by Crippen LogP contribution is 2.42. The molecule has 0 saturated carbocycles. The monoisotopic (exact) mass is 671 g/mol. The van der Waals surface area contributed by atoms with Crippen LogP contribution in [0.1, 0.15) is 0 Å². The molecule has 0 bridgehead atoms. The first-order valence-corrected chi connectivity index (χ1v) is 18.3. The zero-order valence-corrected chi connectivity index (χ0v) is 28.2. The maximum absolute atomic E-state index is 5.13. The molecule has 0 saturated heterocycles. The van der Waals surface area contributed by atoms with Crippen LogP contribution >= 0.6 is 22.7 Å². The normalized spacial score (nSPS) is 12.0. The van der Waals surface area contributed by atoms with Crippen LogP contribution in [0, 0.1) is 0 Å². The maximum Gasteiger partial charge on any atom is 0.164 e. The summed E-state index contributed by atoms with van der Waals surface area (Å²) in [5.74, 6) is 2.00. The van der Waals surface area contributed by atoms with Gasteiger partial charge in [0, 0.05) is 62.4 Å². The maximum atomic E-state index is 5.13. The number of nitrogens with zero attached hydrogens (tertiary/aromatic N) is 3. The number of fused-ring (bicyclic) bond motifs is 12. The van der Waals surface area contributed by atoms with E-state index in [-0.39, 0.29) is 0 Å². The van der Waals surface area contributed by atoms with Crippen molar-refractivity contribution in [3.63, 3.8) is 0 Å². The minimum absolute atomic E-state index is 0.663. The van der Waals surface area contributed by atoms with Crippen LogP contribution in [-0.4, -0.2) is 15.0 Å². The fraction of sp³-hybridized carbons (Fsp3) is 0. The molecule has 50 heavy (non-hydrogen) atoms. The van der Waals surface area contributed by atoms with Crippen molar-refractivity contribution in [3.8, 4) is 34.2 Å². The van der Waals surface area contributed by atoms with E-state index in [1.165, 1.54) is 67.3 Å². The van der Waals surface area contributed by atoms with Gasteiger partial charge in [-0.3, -0.25) is 0 Å². The number of hydrogen-bond acceptors (Lipinski definition) is 5. The summed E-state index contributed by atoms with van der Waals surface area (Å²) in [6, 6.07) is 54.3. The van der Waals surface area contributed by atoms with Gasteiger partial charge in [-0.15, -0.1) is 22.7 Å². The summed E-state index contributed by atoms with van der Waals surface area (Å²) in [5, 5.41) is 12.6. The Morgan fingerprint density at radius 2 is 0.860 bits per heavy atom. The summed E-state index contributed by atoms with van der Waals surface area (Å²) >= 11 is 3.70. The molecule has 0 aliphatic carbocycles. The number of rotatable bonds is 3. The standard InChI is InChI=1S/C45H25N3S2/c1-2-8-27(9-3-1)43-46-44(48-45(47-43)30-18-23-40-37(25-30)33-11-5-6-12-38(33)49-40)29-17-19-31-28(24-29)15-14-26-16-20-36-34(41(26)31)21-22-35-32-10-4-7-13-39(32)50-42(35)36/h1-25H. The first kappa shape index (κ1) is 27.9. The Kier molecular flexibility index (Phi) is 5.99. The second-order valence-electron chi connectivity index (χ2n) is 12.8. The lowest BCUT2D eigenvalue weighted by Crippen LogP contribution is -2.00. The topological polar surface area (TPSA) is 38.7 Å². The van der Waals surface area contributed by atoms with Gasteiger partial charge in [0.05, 0.1) is 0 Å². The van der Waals surface area contributed by atoms with Gasteiger partial charge >= 0.3 is 0 Å². The van der Waals surface area contributed by atoms with Crippen LogP contribution in [0.3, 0.4) is 0 Å². The molecule has 11 aromatic rings. The van der Waals surface area contributed by atoms with Gasteiger partial charge in [-0.2, -0.15) is 0 Å². The molecule has 3 nitrogen and oxygen atoms in total. The highest BCUT2D eigenvalue weighted by Gasteiger charge is 2.16. The zero-order valence-electron chi connectivity index (χ0n) is 26.6. The molecule has 0 N–H and O–H groups in total. The summed E-state index contributed by atoms with van der Waals surface area (Å²) in [4.78, 5) is 15.2. The molecule has 232 valence electrons. The van der Waals surface area contributed by atoms with E-state index in [0.717, 1.165) is 22.1 Å². The van der Waals surface area contributed by atoms with E-state index in [9.17, 15) is 0 Å². The molecule has 0 aliphatic rings. The number of benzene rings is 8. The van der Waals surface area contributed by atoms with Crippen molar-refractivity contribution in [1.82, 2.24) is 15.0 Å². The van der Waals surface area contributed by atoms with Crippen molar-refractivity contribution in [3.05, 3.63) is 152 Å². The van der Waals surface area contributed by atoms with Crippen LogP contribution in [0.4, 0.5) is 0 Å². The van der Waals surface area contributed by atoms with Crippen molar-refractivity contribution in [1.29, 1.82) is 0 Å². The third kappa shape index (κ3) is 4.24. The lowest BCUT2D eigenvalue weighted by molar-refractivity contribution is 1.08. The van der Waals surface area contributed by atoms with Crippen molar-refractivity contribution in [2.45, 2.75) is 0 Å². The molecule has 3 heterocycles. The Balaban J connectivity index is 1.11. The molecule has 0 unspecified atom stereocenters. The molecular formula is C45H25N3S2. The predicted molar refractivity (Wildman–Crippen MR) is 214 cm³/mol. The van der Waals surface area contributed by atoms with Crippen molar-refractivity contribution in [2.75, 3.05) is 0 Å². The Labute approximate surface area is 294 Å². The van der Waals surface area contributed by atoms with Gasteiger partial charge in [0.2, 0.25) is 0 Å². The second kappa shape index (κ2) is 10.7. The average Bonchev–Trinajstić information content (AvgIpc) is 3.76. The minimum Gasteiger partial charge on any atom is -0.208 e. The molecule has 11 rings (SSSR count). The number of aromatic nitrogens is 3. The predicted octanol–water partition coefficient (Wildman–Crippen LogP) is 13.1. The molecule has 0 amide bonds. The summed E-state index contributed by atoms with van der Waals surface area (Å²) < 4.78 is 5.22. The van der Waals surface area contributed by atoms with Crippen molar-refractivity contribution in [2.24, 2.45) is 0 Å². The highest BCUT2D eigenvalue weighted by molar-refractivity contribution is 7.26. The second-order valence-corrected chi connectivity index (χ2v) is 14.9. The molecule has 0 atom stereocenters. The molecular weight excluding hydrogens is 647 g/mol. The molecule has 0 aliphatic heterocycles. The van der Waals surface area contributed by atoms with Gasteiger partial charge in [-0.1, -0.05) is 115 Å². The SMILES string of the molecule is c1ccc(-c2nc(-c3ccc4c(ccc5ccc6c(ccc7c8ccccc8sc76)c54)c3)nc(-c3ccc4sc5ccccc5c4c3)n2)cc1. The van der Waals surface area contributed by atoms with E-state index < -0.39 is 0 Å². The van der Waals surface area contributed by atoms with Crippen molar-refractivity contribution < 1.29 is 0 Å². The third-order valence-electron chi connectivity index (χ3n) is 9.90. The molecule has 0 radical (unpaired) electrons. The Bertz CT molecular complexity index is 3160. The number of thiophene rings is 2. The van der Waals surface area contributed by atoms with Crippen molar-refractivity contribution >= 4 is 95.3 Å². The van der Waals surface area contributed by atoms with Crippen LogP contribution in [-0.2, 0) is 0 Å². The van der Waals surface area contributed by atoms with Gasteiger partial charge in [0.1, 0.15) is 0 Å². The van der Waals surface area contributed by atoms with Crippen LogP contribution in [0.15, 0.2) is 152 Å². The minimum atomic E-state index is 0.663. The summed E-state index contributed by atoms with van der Waals surface area (Å²) in [6.07, 6.45) is 0. The van der Waals surface area contributed by atoms with E-state index >= 15 is 0 Å². The first-order valence-electron chi connectivity index (χ1n) is 16.7. The van der Waals surface area contributed by atoms with Gasteiger partial charge in [-0.05, 0) is 63.3 Å². The fourth-order valence-corrected chi connectivity index (χ4v) is 9.82. The van der Waals surface area contributed by atoms with E-state index in [4.69, 9.17) is 15.0 Å². The van der Waals surface area contributed by atoms with Crippen LogP contribution in [0.25, 0.3) is 107 Å². The lowest BCUT2D eigenvalue weighted by Gasteiger charge is -2.11. The quantitative estimate of drug-likeness (QED) is 0.176. The Morgan fingerprint density at radius 1 is 0.320 bits per heavy atom. The summed E-state index contributed by atoms with van der Waals surface area (Å²) in [7, 11) is 0. The molecule has 0 fully saturated rings. The van der Waals surface area contributed by atoms with E-state index in [1.807, 2.05) is 40.9 Å². The van der Waals surface area contributed by atoms with Gasteiger partial charge in [-0.25, -0.2) is 15.0 Å². The van der Waals surface area contributed by atoms with Crippen LogP contribution in [0.2, 0.25) is 0 Å². The highest BCUT2D eigenvalue weighted by atomic mass is 32.1. The van der Waals surface area contributed by atoms with E-state index in [2.05, 4.69) is 133 Å². The number of hydrogen-bond donors (Lipinski definition) is 0. The molecule has 5 heteroatoms. The van der Waals surface area contributed by atoms with E-state index in [1.54, 1.807) is 0 Å². The third-order valence-corrected chi connectivity index (χ3v) is 12.3. The lowest BCUT2D eigenvalue weighted by atomic mass is 9.94. The van der Waals surface area contributed by atoms with Crippen LogP contribution in [0.5, 0.6) is 0 Å². The average molecular weight is 672 g/mol. The smallest absolute Gasteiger partial charge is 0.164 e. The van der Waals surface area contributed by atoms with Gasteiger partial charge < -0.3 is 0 Å². The Morgan fingerprint density at radius 3 is 1.68 bits per heavy atom. The largest absolute Gasteiger partial charge is 0.208 e. The van der Waals surface area contributed by atoms with Crippen LogP contribution < -0.4 is 0 Å². The van der Waals surface area contributed by atoms with Gasteiger partial charge in [0.25, 0.3) is 0 Å². The first-order chi connectivity index (χ1) is 24.7. The molecule has 3 aromatic heterocycles. The Hall–Kier alpha value is -6.01. The summed E-state index contributed by atoms with van der Waals surface area (Å²) in [5.41, 5.74) is 2.91. The molecule has 8 aromatic carbocycles. The fourth-order valence-electron chi connectivity index (χ4n) is 7.51. The van der Waals surface area contributed by atoms with E-state index in [0.29, 0.717) is 17.5 Å². The summed E-state index contributed by atoms with van der Waals surface area (Å²) in [6.45, 7) is 0. The zero-order chi connectivity index (χ0) is 32.8.